The first-order valence-electron chi connectivity index (χ1n) is 8.58. The van der Waals surface area contributed by atoms with Crippen LogP contribution >= 0.6 is 24.0 Å². The number of aliphatic carboxylic acids is 1. The molecule has 2 heterocycles. The molecule has 0 spiro atoms. The molecule has 10 heteroatoms. The summed E-state index contributed by atoms with van der Waals surface area (Å²) in [5.41, 5.74) is 1.24. The van der Waals surface area contributed by atoms with Gasteiger partial charge in [0.15, 0.2) is 0 Å². The first kappa shape index (κ1) is 20.7. The average Bonchev–Trinajstić information content (AvgIpc) is 3.21. The van der Waals surface area contributed by atoms with Crippen molar-refractivity contribution in [2.24, 2.45) is 0 Å². The molecular weight excluding hydrogens is 416 g/mol. The Morgan fingerprint density at radius 2 is 2.14 bits per heavy atom. The van der Waals surface area contributed by atoms with E-state index in [1.54, 1.807) is 37.3 Å². The molecule has 1 aliphatic rings. The number of amides is 1. The zero-order chi connectivity index (χ0) is 21.1. The molecule has 8 nitrogen and oxygen atoms in total. The molecule has 2 aromatic rings. The van der Waals surface area contributed by atoms with E-state index in [1.165, 1.54) is 11.0 Å². The first-order chi connectivity index (χ1) is 13.8. The highest BCUT2D eigenvalue weighted by Crippen LogP contribution is 2.34. The second kappa shape index (κ2) is 8.58. The Balaban J connectivity index is 1.75. The number of thioether (sulfide) groups is 1. The molecule has 1 aromatic heterocycles. The molecule has 0 aliphatic carbocycles. The number of carbonyl (C=O) groups excluding carboxylic acids is 1. The third-order valence-corrected chi connectivity index (χ3v) is 5.60. The van der Waals surface area contributed by atoms with Gasteiger partial charge in [-0.1, -0.05) is 24.0 Å². The maximum absolute atomic E-state index is 12.5. The van der Waals surface area contributed by atoms with Gasteiger partial charge in [0.05, 0.1) is 9.83 Å². The number of carboxylic acids is 1. The lowest BCUT2D eigenvalue weighted by atomic mass is 10.1. The van der Waals surface area contributed by atoms with Gasteiger partial charge >= 0.3 is 5.97 Å². The van der Waals surface area contributed by atoms with E-state index in [4.69, 9.17) is 21.7 Å². The molecule has 1 N–H and O–H groups in total. The lowest BCUT2D eigenvalue weighted by Gasteiger charge is -2.13. The topological polar surface area (TPSA) is 114 Å². The zero-order valence-corrected chi connectivity index (χ0v) is 16.9. The van der Waals surface area contributed by atoms with Crippen LogP contribution in [0.25, 0.3) is 17.4 Å². The van der Waals surface area contributed by atoms with Crippen LogP contribution in [-0.2, 0) is 9.59 Å². The van der Waals surface area contributed by atoms with Gasteiger partial charge in [-0.3, -0.25) is 24.6 Å². The van der Waals surface area contributed by atoms with Crippen LogP contribution in [0.4, 0.5) is 5.69 Å². The van der Waals surface area contributed by atoms with E-state index in [1.807, 2.05) is 0 Å². The number of carbonyl (C=O) groups is 2. The second-order valence-corrected chi connectivity index (χ2v) is 7.97. The van der Waals surface area contributed by atoms with Gasteiger partial charge in [-0.2, -0.15) is 0 Å². The number of rotatable bonds is 7. The number of benzene rings is 1. The molecule has 1 aromatic carbocycles. The summed E-state index contributed by atoms with van der Waals surface area (Å²) in [6.07, 6.45) is 1.87. The minimum absolute atomic E-state index is 0.0344. The van der Waals surface area contributed by atoms with Gasteiger partial charge in [0.1, 0.15) is 15.8 Å². The number of hydrogen-bond donors (Lipinski definition) is 1. The maximum Gasteiger partial charge on any atom is 0.303 e. The Morgan fingerprint density at radius 1 is 1.38 bits per heavy atom. The summed E-state index contributed by atoms with van der Waals surface area (Å²) in [7, 11) is 0. The molecule has 1 amide bonds. The zero-order valence-electron chi connectivity index (χ0n) is 15.3. The number of nitrogens with zero attached hydrogens (tertiary/aromatic N) is 2. The van der Waals surface area contributed by atoms with Crippen LogP contribution in [0, 0.1) is 17.0 Å². The van der Waals surface area contributed by atoms with Crippen molar-refractivity contribution in [3.8, 4) is 11.3 Å². The summed E-state index contributed by atoms with van der Waals surface area (Å²) in [5.74, 6) is -0.238. The van der Waals surface area contributed by atoms with Gasteiger partial charge in [0.25, 0.3) is 11.6 Å². The highest BCUT2D eigenvalue weighted by Gasteiger charge is 2.32. The van der Waals surface area contributed by atoms with Crippen molar-refractivity contribution in [1.29, 1.82) is 0 Å². The Labute approximate surface area is 175 Å². The van der Waals surface area contributed by atoms with Gasteiger partial charge in [0, 0.05) is 36.2 Å². The molecule has 29 heavy (non-hydrogen) atoms. The molecule has 3 rings (SSSR count). The number of aryl methyl sites for hydroxylation is 1. The Morgan fingerprint density at radius 3 is 2.79 bits per heavy atom. The predicted octanol–water partition coefficient (Wildman–Crippen LogP) is 4.23. The summed E-state index contributed by atoms with van der Waals surface area (Å²) >= 11 is 6.35. The van der Waals surface area contributed by atoms with Gasteiger partial charge in [-0.05, 0) is 37.6 Å². The van der Waals surface area contributed by atoms with Crippen molar-refractivity contribution < 1.29 is 24.0 Å². The largest absolute Gasteiger partial charge is 0.481 e. The number of thiocarbonyl (C=S) groups is 1. The van der Waals surface area contributed by atoms with Crippen LogP contribution in [0.3, 0.4) is 0 Å². The van der Waals surface area contributed by atoms with Gasteiger partial charge < -0.3 is 9.52 Å². The second-order valence-electron chi connectivity index (χ2n) is 6.29. The Bertz CT molecular complexity index is 1040. The van der Waals surface area contributed by atoms with Crippen molar-refractivity contribution in [2.45, 2.75) is 19.8 Å². The summed E-state index contributed by atoms with van der Waals surface area (Å²) in [4.78, 5) is 35.4. The smallest absolute Gasteiger partial charge is 0.303 e. The van der Waals surface area contributed by atoms with Crippen molar-refractivity contribution in [1.82, 2.24) is 4.90 Å². The molecule has 0 radical (unpaired) electrons. The van der Waals surface area contributed by atoms with Gasteiger partial charge in [-0.15, -0.1) is 0 Å². The van der Waals surface area contributed by atoms with E-state index in [2.05, 4.69) is 0 Å². The molecule has 150 valence electrons. The average molecular weight is 432 g/mol. The van der Waals surface area contributed by atoms with Crippen molar-refractivity contribution in [3.63, 3.8) is 0 Å². The first-order valence-corrected chi connectivity index (χ1v) is 9.81. The molecule has 1 saturated heterocycles. The van der Waals surface area contributed by atoms with E-state index < -0.39 is 10.9 Å². The van der Waals surface area contributed by atoms with Crippen LogP contribution in [0.1, 0.15) is 24.2 Å². The molecular formula is C19H16N2O6S2. The van der Waals surface area contributed by atoms with Crippen LogP contribution in [0.15, 0.2) is 39.7 Å². The molecule has 1 aliphatic heterocycles. The van der Waals surface area contributed by atoms with Crippen molar-refractivity contribution in [3.05, 3.63) is 56.7 Å². The number of nitro benzene ring substituents is 1. The minimum Gasteiger partial charge on any atom is -0.481 e. The van der Waals surface area contributed by atoms with Gasteiger partial charge in [-0.25, -0.2) is 0 Å². The number of hydrogen-bond acceptors (Lipinski definition) is 7. The van der Waals surface area contributed by atoms with E-state index >= 15 is 0 Å². The Hall–Kier alpha value is -2.98. The standard InChI is InChI=1S/C19H16N2O6S2/c1-11-9-12(4-6-14(11)21(25)26)15-7-5-13(27-15)10-16-18(24)20(19(28)29-16)8-2-3-17(22)23/h4-7,9-10H,2-3,8H2,1H3,(H,22,23). The van der Waals surface area contributed by atoms with Crippen molar-refractivity contribution >= 4 is 51.9 Å². The highest BCUT2D eigenvalue weighted by atomic mass is 32.2. The lowest BCUT2D eigenvalue weighted by molar-refractivity contribution is -0.385. The van der Waals surface area contributed by atoms with Crippen LogP contribution in [0.2, 0.25) is 0 Å². The fourth-order valence-electron chi connectivity index (χ4n) is 2.81. The van der Waals surface area contributed by atoms with E-state index in [0.717, 1.165) is 11.8 Å². The fraction of sp³-hybridized carbons (Fsp3) is 0.211. The molecule has 1 fully saturated rings. The highest BCUT2D eigenvalue weighted by molar-refractivity contribution is 8.26. The lowest BCUT2D eigenvalue weighted by Crippen LogP contribution is -2.29. The Kier molecular flexibility index (Phi) is 6.14. The molecule has 0 unspecified atom stereocenters. The van der Waals surface area contributed by atoms with Crippen molar-refractivity contribution in [2.75, 3.05) is 6.54 Å². The van der Waals surface area contributed by atoms with E-state index in [9.17, 15) is 19.7 Å². The van der Waals surface area contributed by atoms with E-state index in [-0.39, 0.29) is 24.6 Å². The third-order valence-electron chi connectivity index (χ3n) is 4.22. The monoisotopic (exact) mass is 432 g/mol. The summed E-state index contributed by atoms with van der Waals surface area (Å²) in [5, 5.41) is 19.7. The molecule has 0 saturated carbocycles. The summed E-state index contributed by atoms with van der Waals surface area (Å²) in [6, 6.07) is 8.12. The van der Waals surface area contributed by atoms with Crippen LogP contribution in [0.5, 0.6) is 0 Å². The number of carboxylic acid groups (broad SMARTS) is 1. The summed E-state index contributed by atoms with van der Waals surface area (Å²) < 4.78 is 6.15. The SMILES string of the molecule is Cc1cc(-c2ccc(C=C3SC(=S)N(CCCC(=O)O)C3=O)o2)ccc1[N+](=O)[O-]. The normalized spacial score (nSPS) is 15.3. The molecule has 0 atom stereocenters. The van der Waals surface area contributed by atoms with Crippen LogP contribution in [-0.4, -0.2) is 37.7 Å². The quantitative estimate of drug-likeness (QED) is 0.299. The number of furan rings is 1. The molecule has 0 bridgehead atoms. The van der Waals surface area contributed by atoms with E-state index in [0.29, 0.717) is 38.3 Å². The van der Waals surface area contributed by atoms with Crippen LogP contribution < -0.4 is 0 Å². The van der Waals surface area contributed by atoms with Gasteiger partial charge in [0.2, 0.25) is 0 Å². The minimum atomic E-state index is -0.921. The summed E-state index contributed by atoms with van der Waals surface area (Å²) in [6.45, 7) is 1.90. The predicted molar refractivity (Wildman–Crippen MR) is 112 cm³/mol. The third kappa shape index (κ3) is 4.72. The number of nitro groups is 1. The maximum atomic E-state index is 12.5. The fourth-order valence-corrected chi connectivity index (χ4v) is 4.10.